The summed E-state index contributed by atoms with van der Waals surface area (Å²) in [4.78, 5) is 16.2. The highest BCUT2D eigenvalue weighted by Crippen LogP contribution is 2.18. The van der Waals surface area contributed by atoms with Crippen LogP contribution in [0.15, 0.2) is 35.0 Å². The lowest BCUT2D eigenvalue weighted by Crippen LogP contribution is -2.20. The quantitative estimate of drug-likeness (QED) is 0.746. The number of aryl methyl sites for hydroxylation is 2. The molecule has 3 rings (SSSR count). The molecule has 0 bridgehead atoms. The number of amides is 1. The molecule has 0 radical (unpaired) electrons. The van der Waals surface area contributed by atoms with Crippen molar-refractivity contribution in [1.82, 2.24) is 19.9 Å². The van der Waals surface area contributed by atoms with Gasteiger partial charge in [-0.05, 0) is 32.1 Å². The molecule has 1 N–H and O–H groups in total. The fourth-order valence-electron chi connectivity index (χ4n) is 2.28. The topological polar surface area (TPSA) is 72.4 Å². The number of hydrogen-bond acceptors (Lipinski definition) is 4. The summed E-state index contributed by atoms with van der Waals surface area (Å²) in [7, 11) is 0. The van der Waals surface area contributed by atoms with Gasteiger partial charge in [0, 0.05) is 24.4 Å². The Morgan fingerprint density at radius 2 is 2.26 bits per heavy atom. The molecule has 0 fully saturated rings. The molecule has 0 aromatic carbocycles. The average Bonchev–Trinajstić information content (AvgIpc) is 3.02. The van der Waals surface area contributed by atoms with E-state index in [9.17, 15) is 4.79 Å². The van der Waals surface area contributed by atoms with Crippen LogP contribution in [-0.4, -0.2) is 20.4 Å². The molecule has 3 aromatic heterocycles. The molecular weight excluding hydrogens is 316 g/mol. The monoisotopic (exact) mass is 330 g/mol. The van der Waals surface area contributed by atoms with Crippen LogP contribution in [-0.2, 0) is 11.3 Å². The van der Waals surface area contributed by atoms with Gasteiger partial charge in [-0.2, -0.15) is 0 Å². The van der Waals surface area contributed by atoms with Gasteiger partial charge in [-0.25, -0.2) is 4.98 Å². The summed E-state index contributed by atoms with van der Waals surface area (Å²) in [5.74, 6) is 0.476. The minimum Gasteiger partial charge on any atom is -0.361 e. The third kappa shape index (κ3) is 3.12. The van der Waals surface area contributed by atoms with E-state index in [1.807, 2.05) is 42.6 Å². The molecule has 0 aliphatic carbocycles. The second-order valence-electron chi connectivity index (χ2n) is 5.07. The summed E-state index contributed by atoms with van der Waals surface area (Å²) in [6, 6.07) is 5.60. The molecule has 0 unspecified atom stereocenters. The van der Waals surface area contributed by atoms with Crippen molar-refractivity contribution in [3.05, 3.63) is 58.3 Å². The molecule has 23 heavy (non-hydrogen) atoms. The summed E-state index contributed by atoms with van der Waals surface area (Å²) in [5.41, 5.74) is 3.05. The van der Waals surface area contributed by atoms with Gasteiger partial charge < -0.3 is 9.84 Å². The van der Waals surface area contributed by atoms with Crippen molar-refractivity contribution in [3.8, 4) is 0 Å². The molecule has 7 heteroatoms. The zero-order chi connectivity index (χ0) is 16.4. The average molecular weight is 331 g/mol. The van der Waals surface area contributed by atoms with Crippen LogP contribution in [0.4, 0.5) is 0 Å². The molecule has 6 nitrogen and oxygen atoms in total. The standard InChI is InChI=1S/C16H15ClN4O2/c1-10-12(11(2)23-20-10)9-18-15(22)7-6-13-16(17)19-14-5-3-4-8-21(13)14/h3-8H,9H2,1-2H3,(H,18,22)/b7-6-. The van der Waals surface area contributed by atoms with Crippen LogP contribution in [0, 0.1) is 13.8 Å². The van der Waals surface area contributed by atoms with Crippen molar-refractivity contribution in [2.75, 3.05) is 0 Å². The molecule has 0 saturated heterocycles. The van der Waals surface area contributed by atoms with Crippen LogP contribution in [0.5, 0.6) is 0 Å². The van der Waals surface area contributed by atoms with Crippen LogP contribution < -0.4 is 5.32 Å². The van der Waals surface area contributed by atoms with Gasteiger partial charge in [0.15, 0.2) is 5.15 Å². The van der Waals surface area contributed by atoms with Gasteiger partial charge in [0.1, 0.15) is 11.4 Å². The normalized spacial score (nSPS) is 11.4. The first-order valence-corrected chi connectivity index (χ1v) is 7.44. The molecule has 118 valence electrons. The van der Waals surface area contributed by atoms with Gasteiger partial charge in [-0.15, -0.1) is 0 Å². The predicted molar refractivity (Wildman–Crippen MR) is 87.1 cm³/mol. The van der Waals surface area contributed by atoms with Crippen molar-refractivity contribution >= 4 is 29.2 Å². The van der Waals surface area contributed by atoms with Crippen LogP contribution in [0.2, 0.25) is 5.15 Å². The van der Waals surface area contributed by atoms with Gasteiger partial charge in [0.25, 0.3) is 0 Å². The Hall–Kier alpha value is -2.60. The van der Waals surface area contributed by atoms with Crippen molar-refractivity contribution in [2.45, 2.75) is 20.4 Å². The minimum atomic E-state index is -0.230. The van der Waals surface area contributed by atoms with E-state index in [4.69, 9.17) is 16.1 Å². The number of carbonyl (C=O) groups is 1. The number of hydrogen-bond donors (Lipinski definition) is 1. The van der Waals surface area contributed by atoms with E-state index in [0.717, 1.165) is 16.9 Å². The highest BCUT2D eigenvalue weighted by molar-refractivity contribution is 6.31. The number of rotatable bonds is 4. The van der Waals surface area contributed by atoms with Crippen molar-refractivity contribution in [1.29, 1.82) is 0 Å². The largest absolute Gasteiger partial charge is 0.361 e. The van der Waals surface area contributed by atoms with Crippen molar-refractivity contribution in [3.63, 3.8) is 0 Å². The molecule has 3 heterocycles. The molecular formula is C16H15ClN4O2. The fourth-order valence-corrected chi connectivity index (χ4v) is 2.52. The van der Waals surface area contributed by atoms with Crippen molar-refractivity contribution < 1.29 is 9.32 Å². The van der Waals surface area contributed by atoms with Crippen LogP contribution in [0.1, 0.15) is 22.7 Å². The van der Waals surface area contributed by atoms with Crippen LogP contribution in [0.3, 0.4) is 0 Å². The Labute approximate surface area is 137 Å². The number of nitrogens with one attached hydrogen (secondary N) is 1. The smallest absolute Gasteiger partial charge is 0.244 e. The maximum absolute atomic E-state index is 12.0. The summed E-state index contributed by atoms with van der Waals surface area (Å²) in [6.07, 6.45) is 4.92. The Morgan fingerprint density at radius 3 is 3.00 bits per heavy atom. The van der Waals surface area contributed by atoms with E-state index < -0.39 is 0 Å². The first kappa shape index (κ1) is 15.3. The van der Waals surface area contributed by atoms with Gasteiger partial charge >= 0.3 is 0 Å². The lowest BCUT2D eigenvalue weighted by atomic mass is 10.2. The fraction of sp³-hybridized carbons (Fsp3) is 0.188. The molecule has 0 aliphatic rings. The lowest BCUT2D eigenvalue weighted by molar-refractivity contribution is -0.116. The molecule has 0 aliphatic heterocycles. The zero-order valence-electron chi connectivity index (χ0n) is 12.7. The number of carbonyl (C=O) groups excluding carboxylic acids is 1. The summed E-state index contributed by atoms with van der Waals surface area (Å²) < 4.78 is 6.88. The van der Waals surface area contributed by atoms with E-state index in [2.05, 4.69) is 15.5 Å². The number of pyridine rings is 1. The third-order valence-electron chi connectivity index (χ3n) is 3.54. The number of imidazole rings is 1. The van der Waals surface area contributed by atoms with Gasteiger partial charge in [-0.1, -0.05) is 22.8 Å². The second kappa shape index (κ2) is 6.26. The zero-order valence-corrected chi connectivity index (χ0v) is 13.5. The second-order valence-corrected chi connectivity index (χ2v) is 5.43. The van der Waals surface area contributed by atoms with E-state index >= 15 is 0 Å². The third-order valence-corrected chi connectivity index (χ3v) is 3.81. The Balaban J connectivity index is 1.72. The lowest BCUT2D eigenvalue weighted by Gasteiger charge is -2.01. The SMILES string of the molecule is Cc1noc(C)c1CNC(=O)/C=C\c1c(Cl)nc2ccccn12. The summed E-state index contributed by atoms with van der Waals surface area (Å²) in [6.45, 7) is 4.02. The number of fused-ring (bicyclic) bond motifs is 1. The molecule has 0 saturated carbocycles. The number of halogens is 1. The molecule has 0 atom stereocenters. The van der Waals surface area contributed by atoms with Crippen LogP contribution >= 0.6 is 11.6 Å². The predicted octanol–water partition coefficient (Wildman–Crippen LogP) is 2.92. The van der Waals surface area contributed by atoms with Gasteiger partial charge in [0.2, 0.25) is 5.91 Å². The maximum atomic E-state index is 12.0. The number of aromatic nitrogens is 3. The van der Waals surface area contributed by atoms with Gasteiger partial charge in [-0.3, -0.25) is 9.20 Å². The Morgan fingerprint density at radius 1 is 1.43 bits per heavy atom. The number of nitrogens with zero attached hydrogens (tertiary/aromatic N) is 3. The van der Waals surface area contributed by atoms with E-state index in [-0.39, 0.29) is 5.91 Å². The molecule has 3 aromatic rings. The summed E-state index contributed by atoms with van der Waals surface area (Å²) >= 11 is 6.12. The maximum Gasteiger partial charge on any atom is 0.244 e. The van der Waals surface area contributed by atoms with Crippen molar-refractivity contribution in [2.24, 2.45) is 0 Å². The van der Waals surface area contributed by atoms with Gasteiger partial charge in [0.05, 0.1) is 11.4 Å². The highest BCUT2D eigenvalue weighted by atomic mass is 35.5. The molecule has 0 spiro atoms. The van der Waals surface area contributed by atoms with E-state index in [1.165, 1.54) is 6.08 Å². The first-order chi connectivity index (χ1) is 11.1. The molecule has 1 amide bonds. The summed E-state index contributed by atoms with van der Waals surface area (Å²) in [5, 5.41) is 7.00. The minimum absolute atomic E-state index is 0.230. The van der Waals surface area contributed by atoms with Crippen LogP contribution in [0.25, 0.3) is 11.7 Å². The first-order valence-electron chi connectivity index (χ1n) is 7.06. The highest BCUT2D eigenvalue weighted by Gasteiger charge is 2.10. The van der Waals surface area contributed by atoms with E-state index in [0.29, 0.717) is 23.2 Å². The Bertz CT molecular complexity index is 875. The Kier molecular flexibility index (Phi) is 4.16. The van der Waals surface area contributed by atoms with E-state index in [1.54, 1.807) is 6.08 Å².